The molecule has 2 aromatic rings. The molecule has 17 heavy (non-hydrogen) atoms. The van der Waals surface area contributed by atoms with Gasteiger partial charge in [-0.15, -0.1) is 0 Å². The Kier molecular flexibility index (Phi) is 3.59. The normalized spacial score (nSPS) is 12.7. The maximum atomic E-state index is 13.3. The van der Waals surface area contributed by atoms with Crippen LogP contribution in [0.15, 0.2) is 35.1 Å². The summed E-state index contributed by atoms with van der Waals surface area (Å²) in [4.78, 5) is 0. The highest BCUT2D eigenvalue weighted by atomic mass is 79.9. The van der Waals surface area contributed by atoms with Gasteiger partial charge in [0.15, 0.2) is 0 Å². The third-order valence-electron chi connectivity index (χ3n) is 2.55. The van der Waals surface area contributed by atoms with E-state index >= 15 is 0 Å². The second kappa shape index (κ2) is 4.98. The molecule has 3 nitrogen and oxygen atoms in total. The molecule has 90 valence electrons. The van der Waals surface area contributed by atoms with Gasteiger partial charge in [0, 0.05) is 25.2 Å². The van der Waals surface area contributed by atoms with Crippen molar-refractivity contribution in [1.82, 2.24) is 9.78 Å². The van der Waals surface area contributed by atoms with E-state index in [0.717, 1.165) is 11.1 Å². The van der Waals surface area contributed by atoms with E-state index in [1.165, 1.54) is 6.07 Å². The zero-order valence-electron chi connectivity index (χ0n) is 9.27. The Morgan fingerprint density at radius 3 is 2.94 bits per heavy atom. The van der Waals surface area contributed by atoms with Crippen LogP contribution in [0.1, 0.15) is 17.2 Å². The first-order chi connectivity index (χ1) is 8.08. The van der Waals surface area contributed by atoms with Gasteiger partial charge in [-0.05, 0) is 27.6 Å². The van der Waals surface area contributed by atoms with Crippen molar-refractivity contribution in [3.63, 3.8) is 0 Å². The van der Waals surface area contributed by atoms with Crippen molar-refractivity contribution in [1.29, 1.82) is 0 Å². The third-order valence-corrected chi connectivity index (χ3v) is 3.44. The maximum Gasteiger partial charge on any atom is 0.137 e. The van der Waals surface area contributed by atoms with Gasteiger partial charge < -0.3 is 5.11 Å². The zero-order valence-corrected chi connectivity index (χ0v) is 10.9. The Morgan fingerprint density at radius 2 is 2.29 bits per heavy atom. The van der Waals surface area contributed by atoms with Gasteiger partial charge in [0.05, 0.1) is 16.8 Å². The first-order valence-electron chi connectivity index (χ1n) is 5.17. The van der Waals surface area contributed by atoms with Crippen molar-refractivity contribution >= 4 is 15.9 Å². The fraction of sp³-hybridized carbons (Fsp3) is 0.250. The van der Waals surface area contributed by atoms with Crippen molar-refractivity contribution < 1.29 is 9.50 Å². The van der Waals surface area contributed by atoms with Gasteiger partial charge in [0.2, 0.25) is 0 Å². The predicted octanol–water partition coefficient (Wildman–Crippen LogP) is 2.60. The van der Waals surface area contributed by atoms with E-state index in [9.17, 15) is 9.50 Å². The molecule has 0 aliphatic heterocycles. The summed E-state index contributed by atoms with van der Waals surface area (Å²) < 4.78 is 15.3. The van der Waals surface area contributed by atoms with Gasteiger partial charge in [-0.1, -0.05) is 12.1 Å². The van der Waals surface area contributed by atoms with Gasteiger partial charge in [-0.3, -0.25) is 4.68 Å². The van der Waals surface area contributed by atoms with Crippen LogP contribution in [0.25, 0.3) is 0 Å². The highest BCUT2D eigenvalue weighted by Gasteiger charge is 2.13. The largest absolute Gasteiger partial charge is 0.388 e. The third kappa shape index (κ3) is 2.73. The molecule has 0 amide bonds. The average Bonchev–Trinajstić information content (AvgIpc) is 2.72. The molecule has 0 radical (unpaired) electrons. The number of nitrogens with zero attached hydrogens (tertiary/aromatic N) is 2. The zero-order chi connectivity index (χ0) is 12.4. The Morgan fingerprint density at radius 1 is 1.53 bits per heavy atom. The van der Waals surface area contributed by atoms with Crippen molar-refractivity contribution in [3.05, 3.63) is 52.0 Å². The van der Waals surface area contributed by atoms with Crippen LogP contribution in [0, 0.1) is 5.82 Å². The van der Waals surface area contributed by atoms with E-state index < -0.39 is 6.10 Å². The van der Waals surface area contributed by atoms with E-state index in [4.69, 9.17) is 0 Å². The van der Waals surface area contributed by atoms with Gasteiger partial charge in [0.1, 0.15) is 5.82 Å². The predicted molar refractivity (Wildman–Crippen MR) is 66.0 cm³/mol. The van der Waals surface area contributed by atoms with Crippen molar-refractivity contribution in [2.45, 2.75) is 12.5 Å². The summed E-state index contributed by atoms with van der Waals surface area (Å²) in [6.07, 6.45) is 3.03. The molecule has 0 saturated heterocycles. The molecule has 1 N–H and O–H groups in total. The lowest BCUT2D eigenvalue weighted by Crippen LogP contribution is -2.02. The van der Waals surface area contributed by atoms with Crippen molar-refractivity contribution in [3.8, 4) is 0 Å². The van der Waals surface area contributed by atoms with Gasteiger partial charge >= 0.3 is 0 Å². The summed E-state index contributed by atoms with van der Waals surface area (Å²) in [5, 5.41) is 14.0. The minimum absolute atomic E-state index is 0.319. The molecule has 1 atom stereocenters. The summed E-state index contributed by atoms with van der Waals surface area (Å²) >= 11 is 3.18. The Bertz CT molecular complexity index is 527. The van der Waals surface area contributed by atoms with Crippen LogP contribution in [-0.2, 0) is 13.5 Å². The molecule has 0 fully saturated rings. The second-order valence-corrected chi connectivity index (χ2v) is 4.67. The van der Waals surface area contributed by atoms with Crippen LogP contribution in [0.4, 0.5) is 4.39 Å². The maximum absolute atomic E-state index is 13.3. The van der Waals surface area contributed by atoms with E-state index in [2.05, 4.69) is 21.0 Å². The lowest BCUT2D eigenvalue weighted by atomic mass is 10.0. The molecule has 1 aromatic heterocycles. The van der Waals surface area contributed by atoms with Gasteiger partial charge in [-0.2, -0.15) is 5.10 Å². The van der Waals surface area contributed by atoms with E-state index in [1.807, 2.05) is 0 Å². The number of benzene rings is 1. The standard InChI is InChI=1S/C12H12BrFN2O/c1-16-7-9(6-15-16)11(17)5-8-3-2-4-10(14)12(8)13/h2-4,6-7,11,17H,5H2,1H3. The molecule has 0 aliphatic carbocycles. The fourth-order valence-corrected chi connectivity index (χ4v) is 2.07. The fourth-order valence-electron chi connectivity index (χ4n) is 1.64. The van der Waals surface area contributed by atoms with Crippen LogP contribution < -0.4 is 0 Å². The number of aliphatic hydroxyl groups excluding tert-OH is 1. The number of rotatable bonds is 3. The van der Waals surface area contributed by atoms with Crippen LogP contribution in [0.5, 0.6) is 0 Å². The molecular formula is C12H12BrFN2O. The Labute approximate surface area is 107 Å². The number of aliphatic hydroxyl groups is 1. The van der Waals surface area contributed by atoms with Crippen molar-refractivity contribution in [2.24, 2.45) is 7.05 Å². The molecule has 0 aliphatic rings. The summed E-state index contributed by atoms with van der Waals surface area (Å²) in [7, 11) is 1.79. The first kappa shape index (κ1) is 12.3. The number of aryl methyl sites for hydroxylation is 1. The molecule has 1 heterocycles. The topological polar surface area (TPSA) is 38.0 Å². The number of aromatic nitrogens is 2. The molecule has 1 unspecified atom stereocenters. The monoisotopic (exact) mass is 298 g/mol. The van der Waals surface area contributed by atoms with Gasteiger partial charge in [-0.25, -0.2) is 4.39 Å². The summed E-state index contributed by atoms with van der Waals surface area (Å²) in [5.74, 6) is -0.319. The lowest BCUT2D eigenvalue weighted by Gasteiger charge is -2.10. The molecule has 5 heteroatoms. The molecule has 2 rings (SSSR count). The average molecular weight is 299 g/mol. The molecule has 0 spiro atoms. The molecule has 1 aromatic carbocycles. The summed E-state index contributed by atoms with van der Waals surface area (Å²) in [6.45, 7) is 0. The smallest absolute Gasteiger partial charge is 0.137 e. The minimum atomic E-state index is -0.679. The Hall–Kier alpha value is -1.20. The number of halogens is 2. The SMILES string of the molecule is Cn1cc(C(O)Cc2cccc(F)c2Br)cn1. The highest BCUT2D eigenvalue weighted by Crippen LogP contribution is 2.25. The highest BCUT2D eigenvalue weighted by molar-refractivity contribution is 9.10. The quantitative estimate of drug-likeness (QED) is 0.946. The Balaban J connectivity index is 2.18. The van der Waals surface area contributed by atoms with Crippen molar-refractivity contribution in [2.75, 3.05) is 0 Å². The van der Waals surface area contributed by atoms with E-state index in [-0.39, 0.29) is 5.82 Å². The van der Waals surface area contributed by atoms with Crippen LogP contribution in [0.3, 0.4) is 0 Å². The number of hydrogen-bond acceptors (Lipinski definition) is 2. The van der Waals surface area contributed by atoms with E-state index in [0.29, 0.717) is 10.9 Å². The van der Waals surface area contributed by atoms with Crippen LogP contribution in [0.2, 0.25) is 0 Å². The lowest BCUT2D eigenvalue weighted by molar-refractivity contribution is 0.178. The van der Waals surface area contributed by atoms with Crippen LogP contribution in [-0.4, -0.2) is 14.9 Å². The first-order valence-corrected chi connectivity index (χ1v) is 5.96. The molecular weight excluding hydrogens is 287 g/mol. The van der Waals surface area contributed by atoms with Gasteiger partial charge in [0.25, 0.3) is 0 Å². The number of hydrogen-bond donors (Lipinski definition) is 1. The molecule has 0 saturated carbocycles. The van der Waals surface area contributed by atoms with E-state index in [1.54, 1.807) is 36.3 Å². The molecule has 0 bridgehead atoms. The minimum Gasteiger partial charge on any atom is -0.388 e. The second-order valence-electron chi connectivity index (χ2n) is 3.88. The summed E-state index contributed by atoms with van der Waals surface area (Å²) in [5.41, 5.74) is 1.46. The van der Waals surface area contributed by atoms with Crippen LogP contribution >= 0.6 is 15.9 Å². The summed E-state index contributed by atoms with van der Waals surface area (Å²) in [6, 6.07) is 4.79.